The van der Waals surface area contributed by atoms with Gasteiger partial charge in [0, 0.05) is 6.42 Å². The molecule has 5 nitrogen and oxygen atoms in total. The van der Waals surface area contributed by atoms with Crippen LogP contribution in [0.3, 0.4) is 0 Å². The fourth-order valence-corrected chi connectivity index (χ4v) is 6.49. The van der Waals surface area contributed by atoms with Gasteiger partial charge >= 0.3 is 5.97 Å². The highest BCUT2D eigenvalue weighted by atomic mass is 16.5. The standard InChI is InChI=1S/C21H28O5/c1-3-26-18(24)20-9-5-4-6-13(20)12-15(22)17-14(20)7-10-19(2)16(23)8-11-21(17,19)25/h12,14,17,25H,3-11H2,1-2H3/t14-,17-,19-,20+,21+/m0/s1. The second-order valence-corrected chi connectivity index (χ2v) is 8.77. The van der Waals surface area contributed by atoms with E-state index in [-0.39, 0.29) is 23.5 Å². The number of ketones is 2. The highest BCUT2D eigenvalue weighted by Crippen LogP contribution is 2.65. The predicted molar refractivity (Wildman–Crippen MR) is 94.1 cm³/mol. The van der Waals surface area contributed by atoms with Crippen molar-refractivity contribution in [3.8, 4) is 0 Å². The molecule has 5 atom stereocenters. The van der Waals surface area contributed by atoms with Gasteiger partial charge in [0.15, 0.2) is 5.78 Å². The second-order valence-electron chi connectivity index (χ2n) is 8.77. The van der Waals surface area contributed by atoms with Crippen LogP contribution in [0.2, 0.25) is 0 Å². The second kappa shape index (κ2) is 5.75. The van der Waals surface area contributed by atoms with E-state index in [9.17, 15) is 19.5 Å². The van der Waals surface area contributed by atoms with E-state index in [2.05, 4.69) is 0 Å². The number of carbonyl (C=O) groups is 3. The summed E-state index contributed by atoms with van der Waals surface area (Å²) in [5, 5.41) is 11.6. The van der Waals surface area contributed by atoms with Crippen LogP contribution >= 0.6 is 0 Å². The molecule has 0 unspecified atom stereocenters. The summed E-state index contributed by atoms with van der Waals surface area (Å²) in [4.78, 5) is 38.8. The first-order chi connectivity index (χ1) is 12.3. The van der Waals surface area contributed by atoms with Crippen molar-refractivity contribution < 1.29 is 24.2 Å². The van der Waals surface area contributed by atoms with Crippen LogP contribution in [0, 0.1) is 22.7 Å². The van der Waals surface area contributed by atoms with Gasteiger partial charge in [-0.3, -0.25) is 14.4 Å². The molecule has 3 fully saturated rings. The Labute approximate surface area is 154 Å². The number of Topliss-reactive ketones (excluding diaryl/α,β-unsaturated/α-hetero) is 1. The Morgan fingerprint density at radius 3 is 2.73 bits per heavy atom. The normalized spacial score (nSPS) is 44.7. The Kier molecular flexibility index (Phi) is 3.96. The van der Waals surface area contributed by atoms with Crippen LogP contribution in [0.1, 0.15) is 65.2 Å². The third-order valence-corrected chi connectivity index (χ3v) is 7.91. The Morgan fingerprint density at radius 1 is 1.23 bits per heavy atom. The van der Waals surface area contributed by atoms with Crippen LogP contribution in [-0.4, -0.2) is 34.9 Å². The molecular weight excluding hydrogens is 332 g/mol. The highest BCUT2D eigenvalue weighted by Gasteiger charge is 2.70. The topological polar surface area (TPSA) is 80.7 Å². The molecule has 0 radical (unpaired) electrons. The van der Waals surface area contributed by atoms with Gasteiger partial charge in [0.1, 0.15) is 5.78 Å². The largest absolute Gasteiger partial charge is 0.465 e. The van der Waals surface area contributed by atoms with Crippen molar-refractivity contribution in [3.05, 3.63) is 11.6 Å². The van der Waals surface area contributed by atoms with Crippen molar-refractivity contribution in [2.75, 3.05) is 6.61 Å². The molecule has 0 spiro atoms. The Hall–Kier alpha value is -1.49. The molecule has 4 aliphatic rings. The van der Waals surface area contributed by atoms with Gasteiger partial charge in [-0.25, -0.2) is 0 Å². The third-order valence-electron chi connectivity index (χ3n) is 7.91. The average Bonchev–Trinajstić information content (AvgIpc) is 2.86. The molecule has 3 saturated carbocycles. The summed E-state index contributed by atoms with van der Waals surface area (Å²) >= 11 is 0. The van der Waals surface area contributed by atoms with Crippen molar-refractivity contribution in [2.45, 2.75) is 70.8 Å². The minimum Gasteiger partial charge on any atom is -0.465 e. The monoisotopic (exact) mass is 360 g/mol. The van der Waals surface area contributed by atoms with Gasteiger partial charge in [0.25, 0.3) is 0 Å². The minimum absolute atomic E-state index is 0.0508. The summed E-state index contributed by atoms with van der Waals surface area (Å²) in [5.74, 6) is -1.24. The lowest BCUT2D eigenvalue weighted by atomic mass is 9.46. The average molecular weight is 360 g/mol. The number of ether oxygens (including phenoxy) is 1. The number of rotatable bonds is 2. The van der Waals surface area contributed by atoms with Crippen LogP contribution in [0.15, 0.2) is 11.6 Å². The van der Waals surface area contributed by atoms with Gasteiger partial charge in [-0.2, -0.15) is 0 Å². The number of aliphatic hydroxyl groups is 1. The lowest BCUT2D eigenvalue weighted by Crippen LogP contribution is -2.64. The summed E-state index contributed by atoms with van der Waals surface area (Å²) in [6.45, 7) is 3.91. The van der Waals surface area contributed by atoms with Crippen LogP contribution in [0.4, 0.5) is 0 Å². The lowest BCUT2D eigenvalue weighted by Gasteiger charge is -2.58. The van der Waals surface area contributed by atoms with Gasteiger partial charge in [-0.05, 0) is 69.9 Å². The van der Waals surface area contributed by atoms with E-state index in [1.54, 1.807) is 13.0 Å². The maximum atomic E-state index is 13.1. The number of hydrogen-bond acceptors (Lipinski definition) is 5. The number of hydrogen-bond donors (Lipinski definition) is 1. The SMILES string of the molecule is CCOC(=O)[C@]12CCCCC1=CC(=O)[C@@H]1[C@@H]2CC[C@@]2(C)C(=O)CC[C@@]12O. The smallest absolute Gasteiger partial charge is 0.316 e. The summed E-state index contributed by atoms with van der Waals surface area (Å²) < 4.78 is 5.48. The molecule has 0 amide bonds. The molecule has 0 heterocycles. The Balaban J connectivity index is 1.86. The molecule has 0 bridgehead atoms. The Bertz CT molecular complexity index is 709. The summed E-state index contributed by atoms with van der Waals surface area (Å²) in [6, 6.07) is 0. The molecule has 4 aliphatic carbocycles. The van der Waals surface area contributed by atoms with Crippen molar-refractivity contribution in [2.24, 2.45) is 22.7 Å². The molecule has 0 aromatic rings. The van der Waals surface area contributed by atoms with Crippen molar-refractivity contribution in [1.82, 2.24) is 0 Å². The van der Waals surface area contributed by atoms with E-state index in [4.69, 9.17) is 4.74 Å². The molecule has 4 rings (SSSR count). The van der Waals surface area contributed by atoms with Crippen LogP contribution < -0.4 is 0 Å². The molecule has 0 saturated heterocycles. The van der Waals surface area contributed by atoms with Crippen LogP contribution in [0.5, 0.6) is 0 Å². The maximum absolute atomic E-state index is 13.1. The molecule has 142 valence electrons. The van der Waals surface area contributed by atoms with Crippen molar-refractivity contribution in [3.63, 3.8) is 0 Å². The molecule has 0 aliphatic heterocycles. The zero-order valence-corrected chi connectivity index (χ0v) is 15.7. The zero-order valence-electron chi connectivity index (χ0n) is 15.7. The number of fused-ring (bicyclic) bond motifs is 5. The van der Waals surface area contributed by atoms with Crippen LogP contribution in [0.25, 0.3) is 0 Å². The number of esters is 1. The fourth-order valence-electron chi connectivity index (χ4n) is 6.49. The number of allylic oxidation sites excluding steroid dienone is 1. The van der Waals surface area contributed by atoms with E-state index in [0.29, 0.717) is 38.7 Å². The third kappa shape index (κ3) is 1.98. The molecule has 0 aromatic carbocycles. The maximum Gasteiger partial charge on any atom is 0.316 e. The minimum atomic E-state index is -1.34. The van der Waals surface area contributed by atoms with E-state index in [1.165, 1.54) is 0 Å². The summed E-state index contributed by atoms with van der Waals surface area (Å²) in [6.07, 6.45) is 6.69. The van der Waals surface area contributed by atoms with Crippen molar-refractivity contribution in [1.29, 1.82) is 0 Å². The lowest BCUT2D eigenvalue weighted by molar-refractivity contribution is -0.188. The fraction of sp³-hybridized carbons (Fsp3) is 0.762. The highest BCUT2D eigenvalue weighted by molar-refractivity contribution is 6.00. The van der Waals surface area contributed by atoms with Gasteiger partial charge in [0.05, 0.1) is 29.0 Å². The Morgan fingerprint density at radius 2 is 2.00 bits per heavy atom. The quantitative estimate of drug-likeness (QED) is 0.766. The van der Waals surface area contributed by atoms with Gasteiger partial charge in [0.2, 0.25) is 0 Å². The molecule has 26 heavy (non-hydrogen) atoms. The number of carbonyl (C=O) groups excluding carboxylic acids is 3. The molecule has 5 heteroatoms. The van der Waals surface area contributed by atoms with Crippen molar-refractivity contribution >= 4 is 17.5 Å². The van der Waals surface area contributed by atoms with E-state index < -0.39 is 22.3 Å². The summed E-state index contributed by atoms with van der Waals surface area (Å²) in [5.41, 5.74) is -2.12. The van der Waals surface area contributed by atoms with E-state index in [0.717, 1.165) is 24.8 Å². The van der Waals surface area contributed by atoms with E-state index >= 15 is 0 Å². The first-order valence-electron chi connectivity index (χ1n) is 9.99. The molecule has 1 N–H and O–H groups in total. The first kappa shape index (κ1) is 17.9. The molecule has 0 aromatic heterocycles. The van der Waals surface area contributed by atoms with Gasteiger partial charge in [-0.15, -0.1) is 0 Å². The molecular formula is C21H28O5. The van der Waals surface area contributed by atoms with E-state index in [1.807, 2.05) is 6.92 Å². The summed E-state index contributed by atoms with van der Waals surface area (Å²) in [7, 11) is 0. The predicted octanol–water partition coefficient (Wildman–Crippen LogP) is 2.75. The van der Waals surface area contributed by atoms with Gasteiger partial charge in [-0.1, -0.05) is 6.42 Å². The van der Waals surface area contributed by atoms with Crippen LogP contribution in [-0.2, 0) is 19.1 Å². The van der Waals surface area contributed by atoms with Gasteiger partial charge < -0.3 is 9.84 Å². The zero-order chi connectivity index (χ0) is 18.7. The first-order valence-corrected chi connectivity index (χ1v) is 9.99.